The Morgan fingerprint density at radius 1 is 1.11 bits per heavy atom. The molecular weight excluding hydrogens is 552 g/mol. The van der Waals surface area contributed by atoms with Crippen molar-refractivity contribution in [3.63, 3.8) is 0 Å². The lowest BCUT2D eigenvalue weighted by molar-refractivity contribution is -0.113. The van der Waals surface area contributed by atoms with E-state index in [0.717, 1.165) is 4.90 Å². The number of imide groups is 1. The molecule has 2 N–H and O–H groups in total. The van der Waals surface area contributed by atoms with Gasteiger partial charge in [-0.05, 0) is 88.6 Å². The van der Waals surface area contributed by atoms with E-state index >= 15 is 0 Å². The molecule has 10 heteroatoms. The molecule has 0 atom stereocenters. The number of anilines is 1. The van der Waals surface area contributed by atoms with Gasteiger partial charge in [-0.1, -0.05) is 23.7 Å². The normalized spacial score (nSPS) is 14.2. The number of rotatable bonds is 8. The Morgan fingerprint density at radius 2 is 1.86 bits per heavy atom. The number of hydrogen-bond acceptors (Lipinski definition) is 5. The fourth-order valence-corrected chi connectivity index (χ4v) is 4.25. The minimum absolute atomic E-state index is 0.100. The third-order valence-electron chi connectivity index (χ3n) is 5.16. The summed E-state index contributed by atoms with van der Waals surface area (Å²) in [6.45, 7) is 2.30. The van der Waals surface area contributed by atoms with Crippen molar-refractivity contribution in [2.24, 2.45) is 0 Å². The molecule has 0 spiro atoms. The number of carbonyl (C=O) groups is 3. The fraction of sp³-hybridized carbons (Fsp3) is 0.115. The van der Waals surface area contributed by atoms with Crippen LogP contribution in [-0.4, -0.2) is 29.6 Å². The van der Waals surface area contributed by atoms with Crippen molar-refractivity contribution in [1.82, 2.24) is 5.32 Å². The van der Waals surface area contributed by atoms with Gasteiger partial charge in [0.05, 0.1) is 22.3 Å². The van der Waals surface area contributed by atoms with E-state index in [-0.39, 0.29) is 17.9 Å². The highest BCUT2D eigenvalue weighted by atomic mass is 79.9. The number of nitrogens with zero attached hydrogens (tertiary/aromatic N) is 1. The van der Waals surface area contributed by atoms with E-state index in [1.807, 2.05) is 6.92 Å². The van der Waals surface area contributed by atoms with E-state index in [4.69, 9.17) is 21.1 Å². The number of urea groups is 1. The van der Waals surface area contributed by atoms with Gasteiger partial charge in [0.1, 0.15) is 12.3 Å². The predicted molar refractivity (Wildman–Crippen MR) is 138 cm³/mol. The van der Waals surface area contributed by atoms with Gasteiger partial charge < -0.3 is 19.9 Å². The highest BCUT2D eigenvalue weighted by Crippen LogP contribution is 2.38. The molecule has 4 rings (SSSR count). The van der Waals surface area contributed by atoms with Gasteiger partial charge in [0.2, 0.25) is 0 Å². The number of benzene rings is 3. The Bertz CT molecular complexity index is 1370. The van der Waals surface area contributed by atoms with Gasteiger partial charge >= 0.3 is 12.0 Å². The van der Waals surface area contributed by atoms with E-state index < -0.39 is 17.9 Å². The largest absolute Gasteiger partial charge is 0.490 e. The topological polar surface area (TPSA) is 105 Å². The second-order valence-electron chi connectivity index (χ2n) is 7.66. The summed E-state index contributed by atoms with van der Waals surface area (Å²) >= 11 is 9.39. The van der Waals surface area contributed by atoms with Gasteiger partial charge in [0, 0.05) is 5.02 Å². The van der Waals surface area contributed by atoms with Crippen LogP contribution < -0.4 is 19.7 Å². The molecule has 0 aromatic heterocycles. The van der Waals surface area contributed by atoms with Crippen LogP contribution in [0.5, 0.6) is 11.5 Å². The Kier molecular flexibility index (Phi) is 7.61. The number of halogens is 2. The number of carboxylic acids is 1. The summed E-state index contributed by atoms with van der Waals surface area (Å²) in [6.07, 6.45) is 1.55. The van der Waals surface area contributed by atoms with E-state index in [1.54, 1.807) is 54.6 Å². The third kappa shape index (κ3) is 5.53. The molecule has 0 bridgehead atoms. The second kappa shape index (κ2) is 10.8. The van der Waals surface area contributed by atoms with Crippen LogP contribution in [0.3, 0.4) is 0 Å². The first-order valence-corrected chi connectivity index (χ1v) is 12.0. The number of nitrogens with one attached hydrogen (secondary N) is 1. The molecular formula is C26H20BrClN2O6. The maximum absolute atomic E-state index is 12.9. The third-order valence-corrected chi connectivity index (χ3v) is 6.00. The average Bonchev–Trinajstić information content (AvgIpc) is 3.12. The van der Waals surface area contributed by atoms with Crippen LogP contribution in [0.1, 0.15) is 28.4 Å². The zero-order chi connectivity index (χ0) is 25.8. The molecule has 0 unspecified atom stereocenters. The number of carbonyl (C=O) groups excluding carboxylic acids is 2. The van der Waals surface area contributed by atoms with Crippen molar-refractivity contribution >= 4 is 57.2 Å². The first-order chi connectivity index (χ1) is 17.3. The summed E-state index contributed by atoms with van der Waals surface area (Å²) in [6, 6.07) is 15.7. The molecule has 1 saturated heterocycles. The maximum Gasteiger partial charge on any atom is 0.335 e. The predicted octanol–water partition coefficient (Wildman–Crippen LogP) is 5.88. The fourth-order valence-electron chi connectivity index (χ4n) is 3.55. The molecule has 3 aromatic carbocycles. The van der Waals surface area contributed by atoms with Crippen LogP contribution in [0.4, 0.5) is 10.5 Å². The van der Waals surface area contributed by atoms with E-state index in [2.05, 4.69) is 21.2 Å². The summed E-state index contributed by atoms with van der Waals surface area (Å²) in [5, 5.41) is 12.3. The Hall–Kier alpha value is -3.82. The number of aromatic carboxylic acids is 1. The maximum atomic E-state index is 12.9. The molecule has 1 heterocycles. The van der Waals surface area contributed by atoms with Gasteiger partial charge in [-0.3, -0.25) is 4.79 Å². The summed E-state index contributed by atoms with van der Waals surface area (Å²) in [5.41, 5.74) is 1.93. The van der Waals surface area contributed by atoms with Crippen LogP contribution in [0, 0.1) is 0 Å². The van der Waals surface area contributed by atoms with Crippen LogP contribution >= 0.6 is 27.5 Å². The molecule has 0 saturated carbocycles. The van der Waals surface area contributed by atoms with Gasteiger partial charge in [-0.2, -0.15) is 0 Å². The summed E-state index contributed by atoms with van der Waals surface area (Å²) in [5.74, 6) is -0.688. The molecule has 1 fully saturated rings. The number of ether oxygens (including phenoxy) is 2. The summed E-state index contributed by atoms with van der Waals surface area (Å²) < 4.78 is 12.3. The van der Waals surface area contributed by atoms with E-state index in [0.29, 0.717) is 44.4 Å². The number of amides is 3. The first kappa shape index (κ1) is 25.3. The van der Waals surface area contributed by atoms with Crippen LogP contribution in [0.2, 0.25) is 5.02 Å². The molecule has 1 aliphatic heterocycles. The van der Waals surface area contributed by atoms with Crippen LogP contribution in [0.25, 0.3) is 6.08 Å². The standard InChI is InChI=1S/C26H20BrClN2O6/c1-2-35-22-13-16(11-20(27)23(22)36-14-15-4-3-5-17(10-15)25(32)33)12-21-24(31)30(26(34)29-21)19-8-6-18(28)7-9-19/h3-13H,2,14H2,1H3,(H,29,34)(H,32,33)/b21-12+. The highest BCUT2D eigenvalue weighted by Gasteiger charge is 2.34. The Morgan fingerprint density at radius 3 is 2.56 bits per heavy atom. The molecule has 1 aliphatic rings. The van der Waals surface area contributed by atoms with Crippen molar-refractivity contribution < 1.29 is 29.0 Å². The minimum Gasteiger partial charge on any atom is -0.490 e. The Balaban J connectivity index is 1.59. The lowest BCUT2D eigenvalue weighted by Gasteiger charge is -2.15. The van der Waals surface area contributed by atoms with Crippen LogP contribution in [-0.2, 0) is 11.4 Å². The molecule has 184 valence electrons. The highest BCUT2D eigenvalue weighted by molar-refractivity contribution is 9.10. The SMILES string of the molecule is CCOc1cc(/C=C2/NC(=O)N(c3ccc(Cl)cc3)C2=O)cc(Br)c1OCc1cccc(C(=O)O)c1. The lowest BCUT2D eigenvalue weighted by atomic mass is 10.1. The van der Waals surface area contributed by atoms with Crippen LogP contribution in [0.15, 0.2) is 70.8 Å². The van der Waals surface area contributed by atoms with Gasteiger partial charge in [0.15, 0.2) is 11.5 Å². The quantitative estimate of drug-likeness (QED) is 0.259. The summed E-state index contributed by atoms with van der Waals surface area (Å²) in [4.78, 5) is 37.7. The first-order valence-electron chi connectivity index (χ1n) is 10.8. The average molecular weight is 572 g/mol. The second-order valence-corrected chi connectivity index (χ2v) is 8.95. The monoisotopic (exact) mass is 570 g/mol. The summed E-state index contributed by atoms with van der Waals surface area (Å²) in [7, 11) is 0. The number of hydrogen-bond donors (Lipinski definition) is 2. The van der Waals surface area contributed by atoms with Crippen molar-refractivity contribution in [2.45, 2.75) is 13.5 Å². The Labute approximate surface area is 220 Å². The zero-order valence-corrected chi connectivity index (χ0v) is 21.3. The van der Waals surface area contributed by atoms with Gasteiger partial charge in [-0.25, -0.2) is 14.5 Å². The van der Waals surface area contributed by atoms with Gasteiger partial charge in [-0.15, -0.1) is 0 Å². The van der Waals surface area contributed by atoms with Gasteiger partial charge in [0.25, 0.3) is 5.91 Å². The van der Waals surface area contributed by atoms with E-state index in [1.165, 1.54) is 12.1 Å². The molecule has 0 aliphatic carbocycles. The zero-order valence-electron chi connectivity index (χ0n) is 19.0. The molecule has 3 aromatic rings. The van der Waals surface area contributed by atoms with Crippen molar-refractivity contribution in [3.05, 3.63) is 92.5 Å². The lowest BCUT2D eigenvalue weighted by Crippen LogP contribution is -2.30. The molecule has 0 radical (unpaired) electrons. The van der Waals surface area contributed by atoms with Crippen molar-refractivity contribution in [2.75, 3.05) is 11.5 Å². The molecule has 36 heavy (non-hydrogen) atoms. The van der Waals surface area contributed by atoms with Crippen molar-refractivity contribution in [3.8, 4) is 11.5 Å². The number of carboxylic acid groups (broad SMARTS) is 1. The molecule has 3 amide bonds. The minimum atomic E-state index is -1.02. The molecule has 8 nitrogen and oxygen atoms in total. The smallest absolute Gasteiger partial charge is 0.335 e. The van der Waals surface area contributed by atoms with Crippen molar-refractivity contribution in [1.29, 1.82) is 0 Å². The van der Waals surface area contributed by atoms with E-state index in [9.17, 15) is 19.5 Å².